The lowest BCUT2D eigenvalue weighted by Gasteiger charge is -2.19. The van der Waals surface area contributed by atoms with Crippen molar-refractivity contribution in [3.8, 4) is 0 Å². The van der Waals surface area contributed by atoms with E-state index < -0.39 is 10.0 Å². The SMILES string of the molecule is O=C(NCCCN1CCCCCC1)c1ccccc1NS(=O)(=O)c1ccccc1. The van der Waals surface area contributed by atoms with E-state index >= 15 is 0 Å². The number of carbonyl (C=O) groups excluding carboxylic acids is 1. The van der Waals surface area contributed by atoms with E-state index in [9.17, 15) is 13.2 Å². The number of nitrogens with zero attached hydrogens (tertiary/aromatic N) is 1. The van der Waals surface area contributed by atoms with E-state index in [1.807, 2.05) is 0 Å². The van der Waals surface area contributed by atoms with Gasteiger partial charge in [0.1, 0.15) is 0 Å². The van der Waals surface area contributed by atoms with Gasteiger partial charge < -0.3 is 10.2 Å². The largest absolute Gasteiger partial charge is 0.352 e. The van der Waals surface area contributed by atoms with Gasteiger partial charge in [-0.05, 0) is 63.2 Å². The average molecular weight is 416 g/mol. The molecule has 0 saturated carbocycles. The smallest absolute Gasteiger partial charge is 0.261 e. The zero-order chi connectivity index (χ0) is 20.5. The monoisotopic (exact) mass is 415 g/mol. The Kier molecular flexibility index (Phi) is 7.66. The lowest BCUT2D eigenvalue weighted by atomic mass is 10.1. The Morgan fingerprint density at radius 3 is 2.28 bits per heavy atom. The third kappa shape index (κ3) is 6.30. The molecule has 2 aromatic carbocycles. The van der Waals surface area contributed by atoms with Crippen LogP contribution in [0.25, 0.3) is 0 Å². The highest BCUT2D eigenvalue weighted by Crippen LogP contribution is 2.20. The van der Waals surface area contributed by atoms with E-state index in [0.717, 1.165) is 26.1 Å². The van der Waals surface area contributed by atoms with E-state index in [1.165, 1.54) is 37.8 Å². The van der Waals surface area contributed by atoms with Crippen LogP contribution in [0.2, 0.25) is 0 Å². The minimum absolute atomic E-state index is 0.160. The second-order valence-electron chi connectivity index (χ2n) is 7.33. The molecule has 7 heteroatoms. The average Bonchev–Trinajstić information content (AvgIpc) is 3.01. The first-order valence-corrected chi connectivity index (χ1v) is 11.7. The van der Waals surface area contributed by atoms with Gasteiger partial charge in [-0.25, -0.2) is 8.42 Å². The van der Waals surface area contributed by atoms with Crippen LogP contribution in [0.15, 0.2) is 59.5 Å². The quantitative estimate of drug-likeness (QED) is 0.647. The molecule has 2 aromatic rings. The molecule has 0 aliphatic carbocycles. The number of hydrogen-bond donors (Lipinski definition) is 2. The number of likely N-dealkylation sites (tertiary alicyclic amines) is 1. The second-order valence-corrected chi connectivity index (χ2v) is 9.01. The summed E-state index contributed by atoms with van der Waals surface area (Å²) in [6, 6.07) is 14.8. The zero-order valence-electron chi connectivity index (χ0n) is 16.6. The summed E-state index contributed by atoms with van der Waals surface area (Å²) in [5, 5.41) is 2.92. The van der Waals surface area contributed by atoms with Gasteiger partial charge in [-0.1, -0.05) is 43.2 Å². The third-order valence-corrected chi connectivity index (χ3v) is 6.49. The maximum atomic E-state index is 12.6. The van der Waals surface area contributed by atoms with Gasteiger partial charge in [0, 0.05) is 6.54 Å². The van der Waals surface area contributed by atoms with E-state index in [4.69, 9.17) is 0 Å². The lowest BCUT2D eigenvalue weighted by molar-refractivity contribution is 0.0952. The van der Waals surface area contributed by atoms with Crippen LogP contribution in [0.1, 0.15) is 42.5 Å². The Hall–Kier alpha value is -2.38. The lowest BCUT2D eigenvalue weighted by Crippen LogP contribution is -2.31. The maximum Gasteiger partial charge on any atom is 0.261 e. The standard InChI is InChI=1S/C22H29N3O3S/c26-22(23-15-10-18-25-16-8-1-2-9-17-25)20-13-6-7-14-21(20)24-29(27,28)19-11-4-3-5-12-19/h3-7,11-14,24H,1-2,8-10,15-18H2,(H,23,26). The molecule has 1 aliphatic rings. The highest BCUT2D eigenvalue weighted by atomic mass is 32.2. The van der Waals surface area contributed by atoms with Crippen molar-refractivity contribution in [2.75, 3.05) is 30.9 Å². The van der Waals surface area contributed by atoms with Crippen LogP contribution in [-0.2, 0) is 10.0 Å². The number of carbonyl (C=O) groups is 1. The van der Waals surface area contributed by atoms with Crippen molar-refractivity contribution in [2.24, 2.45) is 0 Å². The van der Waals surface area contributed by atoms with E-state index in [-0.39, 0.29) is 16.5 Å². The summed E-state index contributed by atoms with van der Waals surface area (Å²) in [6.45, 7) is 3.81. The van der Waals surface area contributed by atoms with Crippen molar-refractivity contribution in [2.45, 2.75) is 37.0 Å². The first-order chi connectivity index (χ1) is 14.1. The second kappa shape index (κ2) is 10.4. The molecule has 156 valence electrons. The Bertz CT molecular complexity index is 893. The summed E-state index contributed by atoms with van der Waals surface area (Å²) in [5.41, 5.74) is 0.600. The molecule has 0 atom stereocenters. The van der Waals surface area contributed by atoms with Crippen molar-refractivity contribution < 1.29 is 13.2 Å². The molecule has 1 amide bonds. The third-order valence-electron chi connectivity index (χ3n) is 5.10. The highest BCUT2D eigenvalue weighted by molar-refractivity contribution is 7.92. The molecule has 1 fully saturated rings. The van der Waals surface area contributed by atoms with Gasteiger partial charge in [0.25, 0.3) is 15.9 Å². The minimum atomic E-state index is -3.75. The predicted octanol–water partition coefficient (Wildman–Crippen LogP) is 3.48. The van der Waals surface area contributed by atoms with Crippen LogP contribution in [0.4, 0.5) is 5.69 Å². The summed E-state index contributed by atoms with van der Waals surface area (Å²) < 4.78 is 27.7. The highest BCUT2D eigenvalue weighted by Gasteiger charge is 2.18. The van der Waals surface area contributed by atoms with Crippen molar-refractivity contribution >= 4 is 21.6 Å². The summed E-state index contributed by atoms with van der Waals surface area (Å²) in [7, 11) is -3.75. The van der Waals surface area contributed by atoms with E-state index in [1.54, 1.807) is 42.5 Å². The molecular weight excluding hydrogens is 386 g/mol. The van der Waals surface area contributed by atoms with Gasteiger partial charge in [-0.15, -0.1) is 0 Å². The zero-order valence-corrected chi connectivity index (χ0v) is 17.5. The molecule has 0 aromatic heterocycles. The number of rotatable bonds is 8. The summed E-state index contributed by atoms with van der Waals surface area (Å²) in [6.07, 6.45) is 6.00. The number of nitrogens with one attached hydrogen (secondary N) is 2. The molecule has 1 heterocycles. The Morgan fingerprint density at radius 2 is 1.55 bits per heavy atom. The molecule has 0 bridgehead atoms. The fourth-order valence-corrected chi connectivity index (χ4v) is 4.63. The molecule has 0 unspecified atom stereocenters. The number of para-hydroxylation sites is 1. The molecular formula is C22H29N3O3S. The number of sulfonamides is 1. The van der Waals surface area contributed by atoms with E-state index in [0.29, 0.717) is 12.1 Å². The molecule has 29 heavy (non-hydrogen) atoms. The van der Waals surface area contributed by atoms with Crippen molar-refractivity contribution in [1.82, 2.24) is 10.2 Å². The van der Waals surface area contributed by atoms with Crippen LogP contribution in [0.5, 0.6) is 0 Å². The van der Waals surface area contributed by atoms with Crippen molar-refractivity contribution in [1.29, 1.82) is 0 Å². The van der Waals surface area contributed by atoms with Gasteiger partial charge in [-0.3, -0.25) is 9.52 Å². The van der Waals surface area contributed by atoms with Gasteiger partial charge >= 0.3 is 0 Å². The molecule has 1 saturated heterocycles. The number of amides is 1. The van der Waals surface area contributed by atoms with Crippen LogP contribution >= 0.6 is 0 Å². The van der Waals surface area contributed by atoms with Gasteiger partial charge in [0.05, 0.1) is 16.1 Å². The Morgan fingerprint density at radius 1 is 0.897 bits per heavy atom. The first-order valence-electron chi connectivity index (χ1n) is 10.2. The number of anilines is 1. The van der Waals surface area contributed by atoms with Crippen LogP contribution < -0.4 is 10.0 Å². The molecule has 0 radical (unpaired) electrons. The summed E-state index contributed by atoms with van der Waals surface area (Å²) in [4.78, 5) is 15.3. The van der Waals surface area contributed by atoms with Crippen LogP contribution in [-0.4, -0.2) is 45.4 Å². The first kappa shape index (κ1) is 21.3. The Labute approximate surface area is 173 Å². The fraction of sp³-hybridized carbons (Fsp3) is 0.409. The summed E-state index contributed by atoms with van der Waals surface area (Å²) in [5.74, 6) is -0.271. The van der Waals surface area contributed by atoms with E-state index in [2.05, 4.69) is 14.9 Å². The van der Waals surface area contributed by atoms with Crippen LogP contribution in [0, 0.1) is 0 Å². The fourth-order valence-electron chi connectivity index (χ4n) is 3.53. The van der Waals surface area contributed by atoms with Crippen molar-refractivity contribution in [3.63, 3.8) is 0 Å². The summed E-state index contributed by atoms with van der Waals surface area (Å²) >= 11 is 0. The molecule has 2 N–H and O–H groups in total. The predicted molar refractivity (Wildman–Crippen MR) is 116 cm³/mol. The van der Waals surface area contributed by atoms with Gasteiger partial charge in [-0.2, -0.15) is 0 Å². The number of benzene rings is 2. The normalized spacial score (nSPS) is 15.4. The molecule has 1 aliphatic heterocycles. The molecule has 0 spiro atoms. The minimum Gasteiger partial charge on any atom is -0.352 e. The Balaban J connectivity index is 1.57. The maximum absolute atomic E-state index is 12.6. The van der Waals surface area contributed by atoms with Crippen LogP contribution in [0.3, 0.4) is 0 Å². The molecule has 6 nitrogen and oxygen atoms in total. The topological polar surface area (TPSA) is 78.5 Å². The molecule has 3 rings (SSSR count). The van der Waals surface area contributed by atoms with Gasteiger partial charge in [0.2, 0.25) is 0 Å². The van der Waals surface area contributed by atoms with Crippen molar-refractivity contribution in [3.05, 3.63) is 60.2 Å². The van der Waals surface area contributed by atoms with Gasteiger partial charge in [0.15, 0.2) is 0 Å². The number of hydrogen-bond acceptors (Lipinski definition) is 4.